The summed E-state index contributed by atoms with van der Waals surface area (Å²) in [5, 5.41) is 6.39. The molecule has 0 spiro atoms. The minimum atomic E-state index is -0.403. The first-order chi connectivity index (χ1) is 13.1. The molecule has 0 aromatic heterocycles. The highest BCUT2D eigenvalue weighted by Crippen LogP contribution is 2.30. The number of aliphatic imine (C=N–C) groups is 1. The van der Waals surface area contributed by atoms with Gasteiger partial charge in [-0.25, -0.2) is 9.38 Å². The lowest BCUT2D eigenvalue weighted by Gasteiger charge is -2.14. The summed E-state index contributed by atoms with van der Waals surface area (Å²) in [6.45, 7) is 5.45. The van der Waals surface area contributed by atoms with Gasteiger partial charge in [0.25, 0.3) is 0 Å². The summed E-state index contributed by atoms with van der Waals surface area (Å²) in [7, 11) is 3.04. The molecule has 0 amide bonds. The Morgan fingerprint density at radius 2 is 1.74 bits per heavy atom. The zero-order valence-corrected chi connectivity index (χ0v) is 16.1. The lowest BCUT2D eigenvalue weighted by atomic mass is 10.2. The van der Waals surface area contributed by atoms with E-state index in [1.165, 1.54) is 13.2 Å². The van der Waals surface area contributed by atoms with Gasteiger partial charge in [-0.2, -0.15) is 0 Å². The SMILES string of the molecule is CCNC(=NCc1ccc(OC)c(F)c1)Nc1ccc(OC)c(OCC)c1. The van der Waals surface area contributed by atoms with Crippen molar-refractivity contribution in [2.75, 3.05) is 32.7 Å². The molecule has 6 nitrogen and oxygen atoms in total. The molecule has 2 rings (SSSR count). The topological polar surface area (TPSA) is 64.1 Å². The highest BCUT2D eigenvalue weighted by atomic mass is 19.1. The zero-order valence-electron chi connectivity index (χ0n) is 16.1. The van der Waals surface area contributed by atoms with E-state index in [2.05, 4.69) is 15.6 Å². The highest BCUT2D eigenvalue weighted by Gasteiger charge is 2.08. The number of hydrogen-bond acceptors (Lipinski definition) is 4. The normalized spacial score (nSPS) is 11.1. The Morgan fingerprint density at radius 3 is 2.37 bits per heavy atom. The minimum absolute atomic E-state index is 0.217. The fourth-order valence-electron chi connectivity index (χ4n) is 2.45. The average molecular weight is 375 g/mol. The molecule has 0 atom stereocenters. The number of anilines is 1. The van der Waals surface area contributed by atoms with Gasteiger partial charge in [0.05, 0.1) is 27.4 Å². The Balaban J connectivity index is 2.15. The van der Waals surface area contributed by atoms with Crippen LogP contribution >= 0.6 is 0 Å². The summed E-state index contributed by atoms with van der Waals surface area (Å²) in [6, 6.07) is 10.4. The molecule has 0 aliphatic carbocycles. The maximum absolute atomic E-state index is 13.8. The quantitative estimate of drug-likeness (QED) is 0.542. The molecule has 0 aliphatic rings. The van der Waals surface area contributed by atoms with Gasteiger partial charge in [-0.05, 0) is 43.7 Å². The predicted molar refractivity (Wildman–Crippen MR) is 106 cm³/mol. The summed E-state index contributed by atoms with van der Waals surface area (Å²) in [4.78, 5) is 4.51. The van der Waals surface area contributed by atoms with Gasteiger partial charge in [0.15, 0.2) is 29.0 Å². The van der Waals surface area contributed by atoms with Crippen LogP contribution in [0.4, 0.5) is 10.1 Å². The predicted octanol–water partition coefficient (Wildman–Crippen LogP) is 3.82. The first kappa shape index (κ1) is 20.4. The molecule has 2 N–H and O–H groups in total. The van der Waals surface area contributed by atoms with Crippen LogP contribution in [-0.4, -0.2) is 33.3 Å². The Hall–Kier alpha value is -2.96. The van der Waals surface area contributed by atoms with Crippen LogP contribution in [0.1, 0.15) is 19.4 Å². The standard InChI is InChI=1S/C20H26FN3O3/c1-5-22-20(23-13-14-7-9-17(25-3)16(21)11-14)24-15-8-10-18(26-4)19(12-15)27-6-2/h7-12H,5-6,13H2,1-4H3,(H2,22,23,24). The van der Waals surface area contributed by atoms with E-state index in [1.54, 1.807) is 19.2 Å². The van der Waals surface area contributed by atoms with Crippen molar-refractivity contribution in [3.05, 3.63) is 47.8 Å². The van der Waals surface area contributed by atoms with E-state index >= 15 is 0 Å². The van der Waals surface area contributed by atoms with E-state index in [0.717, 1.165) is 11.3 Å². The van der Waals surface area contributed by atoms with Gasteiger partial charge in [-0.1, -0.05) is 6.07 Å². The Labute approximate surface area is 159 Å². The van der Waals surface area contributed by atoms with E-state index in [1.807, 2.05) is 32.0 Å². The number of hydrogen-bond donors (Lipinski definition) is 2. The minimum Gasteiger partial charge on any atom is -0.494 e. The van der Waals surface area contributed by atoms with E-state index in [9.17, 15) is 4.39 Å². The van der Waals surface area contributed by atoms with Crippen molar-refractivity contribution in [1.82, 2.24) is 5.32 Å². The third kappa shape index (κ3) is 5.77. The summed E-state index contributed by atoms with van der Waals surface area (Å²) >= 11 is 0. The molecule has 0 fully saturated rings. The van der Waals surface area contributed by atoms with Gasteiger partial charge in [-0.3, -0.25) is 0 Å². The van der Waals surface area contributed by atoms with Crippen LogP contribution in [0.15, 0.2) is 41.4 Å². The maximum Gasteiger partial charge on any atom is 0.196 e. The van der Waals surface area contributed by atoms with Crippen LogP contribution in [0, 0.1) is 5.82 Å². The van der Waals surface area contributed by atoms with Crippen LogP contribution in [0.5, 0.6) is 17.2 Å². The molecule has 0 saturated heterocycles. The number of rotatable bonds is 8. The lowest BCUT2D eigenvalue weighted by molar-refractivity contribution is 0.311. The number of methoxy groups -OCH3 is 2. The summed E-state index contributed by atoms with van der Waals surface area (Å²) in [6.07, 6.45) is 0. The number of ether oxygens (including phenoxy) is 3. The van der Waals surface area contributed by atoms with E-state index in [-0.39, 0.29) is 5.75 Å². The highest BCUT2D eigenvalue weighted by molar-refractivity contribution is 5.93. The molecule has 0 radical (unpaired) electrons. The molecular formula is C20H26FN3O3. The van der Waals surface area contributed by atoms with Gasteiger partial charge in [0, 0.05) is 18.3 Å². The van der Waals surface area contributed by atoms with E-state index in [0.29, 0.717) is 37.2 Å². The fourth-order valence-corrected chi connectivity index (χ4v) is 2.45. The molecule has 0 aliphatic heterocycles. The molecule has 27 heavy (non-hydrogen) atoms. The van der Waals surface area contributed by atoms with Crippen LogP contribution < -0.4 is 24.8 Å². The van der Waals surface area contributed by atoms with Crippen LogP contribution in [0.2, 0.25) is 0 Å². The van der Waals surface area contributed by atoms with Gasteiger partial charge < -0.3 is 24.8 Å². The molecule has 2 aromatic rings. The van der Waals surface area contributed by atoms with Crippen LogP contribution in [0.25, 0.3) is 0 Å². The van der Waals surface area contributed by atoms with Crippen LogP contribution in [-0.2, 0) is 6.54 Å². The smallest absolute Gasteiger partial charge is 0.196 e. The molecule has 0 saturated carbocycles. The number of nitrogens with zero attached hydrogens (tertiary/aromatic N) is 1. The number of guanidine groups is 1. The van der Waals surface area contributed by atoms with Gasteiger partial charge >= 0.3 is 0 Å². The van der Waals surface area contributed by atoms with Crippen LogP contribution in [0.3, 0.4) is 0 Å². The second-order valence-electron chi connectivity index (χ2n) is 5.59. The fraction of sp³-hybridized carbons (Fsp3) is 0.350. The maximum atomic E-state index is 13.8. The lowest BCUT2D eigenvalue weighted by Crippen LogP contribution is -2.30. The summed E-state index contributed by atoms with van der Waals surface area (Å²) < 4.78 is 29.7. The summed E-state index contributed by atoms with van der Waals surface area (Å²) in [5.74, 6) is 1.71. The van der Waals surface area contributed by atoms with E-state index < -0.39 is 5.82 Å². The molecule has 0 bridgehead atoms. The number of nitrogens with one attached hydrogen (secondary N) is 2. The third-order valence-corrected chi connectivity index (χ3v) is 3.71. The largest absolute Gasteiger partial charge is 0.494 e. The van der Waals surface area contributed by atoms with Gasteiger partial charge in [0.1, 0.15) is 0 Å². The van der Waals surface area contributed by atoms with Crippen molar-refractivity contribution >= 4 is 11.6 Å². The van der Waals surface area contributed by atoms with Crippen molar-refractivity contribution < 1.29 is 18.6 Å². The first-order valence-electron chi connectivity index (χ1n) is 8.79. The first-order valence-corrected chi connectivity index (χ1v) is 8.79. The second kappa shape index (κ2) is 10.3. The molecule has 0 unspecified atom stereocenters. The molecular weight excluding hydrogens is 349 g/mol. The second-order valence-corrected chi connectivity index (χ2v) is 5.59. The molecule has 2 aromatic carbocycles. The Morgan fingerprint density at radius 1 is 1.00 bits per heavy atom. The van der Waals surface area contributed by atoms with Gasteiger partial charge in [-0.15, -0.1) is 0 Å². The van der Waals surface area contributed by atoms with Crippen molar-refractivity contribution in [1.29, 1.82) is 0 Å². The summed E-state index contributed by atoms with van der Waals surface area (Å²) in [5.41, 5.74) is 1.55. The van der Waals surface area contributed by atoms with Crippen molar-refractivity contribution in [2.24, 2.45) is 4.99 Å². The van der Waals surface area contributed by atoms with Gasteiger partial charge in [0.2, 0.25) is 0 Å². The van der Waals surface area contributed by atoms with Crippen molar-refractivity contribution in [3.63, 3.8) is 0 Å². The molecule has 7 heteroatoms. The monoisotopic (exact) mass is 375 g/mol. The Bertz CT molecular complexity index is 781. The Kier molecular flexibility index (Phi) is 7.73. The number of halogens is 1. The number of benzene rings is 2. The average Bonchev–Trinajstić information content (AvgIpc) is 2.67. The van der Waals surface area contributed by atoms with E-state index in [4.69, 9.17) is 14.2 Å². The van der Waals surface area contributed by atoms with Crippen molar-refractivity contribution in [2.45, 2.75) is 20.4 Å². The molecule has 0 heterocycles. The zero-order chi connectivity index (χ0) is 19.6. The molecule has 146 valence electrons. The third-order valence-electron chi connectivity index (χ3n) is 3.71. The van der Waals surface area contributed by atoms with Crippen molar-refractivity contribution in [3.8, 4) is 17.2 Å².